The van der Waals surface area contributed by atoms with E-state index < -0.39 is 19.9 Å². The van der Waals surface area contributed by atoms with Gasteiger partial charge in [0.25, 0.3) is 0 Å². The Labute approximate surface area is 192 Å². The Morgan fingerprint density at radius 1 is 0.875 bits per heavy atom. The van der Waals surface area contributed by atoms with Gasteiger partial charge in [-0.3, -0.25) is 4.90 Å². The van der Waals surface area contributed by atoms with E-state index in [1.165, 1.54) is 0 Å². The first-order valence-corrected chi connectivity index (χ1v) is 14.2. The van der Waals surface area contributed by atoms with Crippen molar-refractivity contribution in [2.45, 2.75) is 36.5 Å². The summed E-state index contributed by atoms with van der Waals surface area (Å²) in [6.45, 7) is 8.43. The molecule has 0 atom stereocenters. The molecule has 0 aliphatic carbocycles. The van der Waals surface area contributed by atoms with E-state index in [0.717, 1.165) is 56.8 Å². The fourth-order valence-electron chi connectivity index (χ4n) is 3.74. The number of hydrogen-bond acceptors (Lipinski definition) is 6. The molecule has 1 heterocycles. The van der Waals surface area contributed by atoms with Gasteiger partial charge in [-0.15, -0.1) is 0 Å². The highest BCUT2D eigenvalue weighted by molar-refractivity contribution is 7.91. The van der Waals surface area contributed by atoms with Crippen molar-refractivity contribution in [3.63, 3.8) is 0 Å². The van der Waals surface area contributed by atoms with E-state index in [4.69, 9.17) is 0 Å². The molecule has 0 saturated carbocycles. The molecule has 7 nitrogen and oxygen atoms in total. The molecule has 1 fully saturated rings. The van der Waals surface area contributed by atoms with Crippen LogP contribution in [0.3, 0.4) is 0 Å². The topological polar surface area (TPSA) is 86.8 Å². The van der Waals surface area contributed by atoms with E-state index in [-0.39, 0.29) is 5.75 Å². The van der Waals surface area contributed by atoms with Crippen LogP contribution in [0.2, 0.25) is 0 Å². The smallest absolute Gasteiger partial charge is 0.240 e. The van der Waals surface area contributed by atoms with Crippen LogP contribution in [0.25, 0.3) is 0 Å². The first-order chi connectivity index (χ1) is 15.2. The predicted molar refractivity (Wildman–Crippen MR) is 128 cm³/mol. The van der Waals surface area contributed by atoms with Gasteiger partial charge in [0.05, 0.1) is 15.5 Å². The molecule has 2 aromatic rings. The van der Waals surface area contributed by atoms with Crippen LogP contribution in [-0.4, -0.2) is 66.8 Å². The van der Waals surface area contributed by atoms with Gasteiger partial charge in [-0.2, -0.15) is 0 Å². The van der Waals surface area contributed by atoms with Crippen molar-refractivity contribution in [3.05, 3.63) is 54.1 Å². The number of aryl methyl sites for hydroxylation is 1. The third-order valence-corrected chi connectivity index (χ3v) is 9.03. The number of unbranched alkanes of at least 4 members (excludes halogenated alkanes) is 1. The highest BCUT2D eigenvalue weighted by Gasteiger charge is 2.19. The van der Waals surface area contributed by atoms with E-state index in [2.05, 4.69) is 14.5 Å². The molecule has 2 aromatic carbocycles. The predicted octanol–water partition coefficient (Wildman–Crippen LogP) is 2.67. The Kier molecular flexibility index (Phi) is 8.32. The van der Waals surface area contributed by atoms with Crippen LogP contribution in [0.15, 0.2) is 58.3 Å². The van der Waals surface area contributed by atoms with Crippen LogP contribution in [0.1, 0.15) is 25.3 Å². The molecule has 0 spiro atoms. The minimum absolute atomic E-state index is 0.103. The monoisotopic (exact) mass is 479 g/mol. The Bertz CT molecular complexity index is 1090. The number of benzene rings is 2. The second-order valence-corrected chi connectivity index (χ2v) is 12.2. The van der Waals surface area contributed by atoms with Crippen LogP contribution >= 0.6 is 0 Å². The summed E-state index contributed by atoms with van der Waals surface area (Å²) in [5.41, 5.74) is 1.98. The molecule has 176 valence electrons. The van der Waals surface area contributed by atoms with E-state index in [0.29, 0.717) is 16.3 Å². The van der Waals surface area contributed by atoms with Gasteiger partial charge in [0.15, 0.2) is 9.84 Å². The summed E-state index contributed by atoms with van der Waals surface area (Å²) in [4.78, 5) is 5.28. The van der Waals surface area contributed by atoms with Gasteiger partial charge in [-0.05, 0) is 56.6 Å². The molecular weight excluding hydrogens is 446 g/mol. The second kappa shape index (κ2) is 10.8. The SMILES string of the molecule is CCS(=O)(=O)c1cccc(N2CCN(CCCCNS(=O)(=O)c3ccc(C)cc3)CC2)c1. The molecule has 0 bridgehead atoms. The van der Waals surface area contributed by atoms with Crippen molar-refractivity contribution in [1.82, 2.24) is 9.62 Å². The molecule has 1 saturated heterocycles. The zero-order valence-electron chi connectivity index (χ0n) is 18.8. The second-order valence-electron chi connectivity index (χ2n) is 8.15. The highest BCUT2D eigenvalue weighted by Crippen LogP contribution is 2.21. The fourth-order valence-corrected chi connectivity index (χ4v) is 5.73. The summed E-state index contributed by atoms with van der Waals surface area (Å²) < 4.78 is 51.6. The van der Waals surface area contributed by atoms with Gasteiger partial charge >= 0.3 is 0 Å². The third-order valence-electron chi connectivity index (χ3n) is 5.82. The third kappa shape index (κ3) is 6.54. The lowest BCUT2D eigenvalue weighted by molar-refractivity contribution is 0.253. The molecule has 1 aliphatic heterocycles. The van der Waals surface area contributed by atoms with Crippen molar-refractivity contribution in [2.75, 3.05) is 49.9 Å². The normalized spacial score (nSPS) is 15.8. The largest absolute Gasteiger partial charge is 0.369 e. The lowest BCUT2D eigenvalue weighted by Crippen LogP contribution is -2.46. The minimum atomic E-state index is -3.45. The molecule has 0 aromatic heterocycles. The van der Waals surface area contributed by atoms with Crippen LogP contribution in [0.4, 0.5) is 5.69 Å². The van der Waals surface area contributed by atoms with Crippen molar-refractivity contribution in [1.29, 1.82) is 0 Å². The maximum Gasteiger partial charge on any atom is 0.240 e. The first kappa shape index (κ1) is 24.7. The molecule has 0 unspecified atom stereocenters. The van der Waals surface area contributed by atoms with Gasteiger partial charge in [-0.1, -0.05) is 30.7 Å². The summed E-state index contributed by atoms with van der Waals surface area (Å²) in [6.07, 6.45) is 1.70. The minimum Gasteiger partial charge on any atom is -0.369 e. The maximum absolute atomic E-state index is 12.3. The van der Waals surface area contributed by atoms with Gasteiger partial charge in [-0.25, -0.2) is 21.6 Å². The van der Waals surface area contributed by atoms with Crippen LogP contribution in [0.5, 0.6) is 0 Å². The average molecular weight is 480 g/mol. The van der Waals surface area contributed by atoms with Gasteiger partial charge in [0, 0.05) is 38.4 Å². The van der Waals surface area contributed by atoms with Gasteiger partial charge < -0.3 is 4.90 Å². The molecule has 3 rings (SSSR count). The number of sulfonamides is 1. The number of hydrogen-bond donors (Lipinski definition) is 1. The molecule has 9 heteroatoms. The number of sulfone groups is 1. The summed E-state index contributed by atoms with van der Waals surface area (Å²) in [6, 6.07) is 14.1. The van der Waals surface area contributed by atoms with Crippen molar-refractivity contribution in [3.8, 4) is 0 Å². The molecule has 32 heavy (non-hydrogen) atoms. The molecule has 1 N–H and O–H groups in total. The molecule has 0 radical (unpaired) electrons. The molecule has 0 amide bonds. The molecular formula is C23H33N3O4S2. The Balaban J connectivity index is 1.40. The number of nitrogens with zero attached hydrogens (tertiary/aromatic N) is 2. The van der Waals surface area contributed by atoms with Gasteiger partial charge in [0.1, 0.15) is 0 Å². The number of nitrogens with one attached hydrogen (secondary N) is 1. The van der Waals surface area contributed by atoms with Crippen LogP contribution in [0, 0.1) is 6.92 Å². The number of anilines is 1. The van der Waals surface area contributed by atoms with E-state index in [1.54, 1.807) is 43.3 Å². The average Bonchev–Trinajstić information content (AvgIpc) is 2.79. The van der Waals surface area contributed by atoms with E-state index >= 15 is 0 Å². The van der Waals surface area contributed by atoms with Crippen LogP contribution in [-0.2, 0) is 19.9 Å². The van der Waals surface area contributed by atoms with Crippen molar-refractivity contribution >= 4 is 25.5 Å². The van der Waals surface area contributed by atoms with Gasteiger partial charge in [0.2, 0.25) is 10.0 Å². The quantitative estimate of drug-likeness (QED) is 0.527. The zero-order chi connectivity index (χ0) is 23.2. The standard InChI is InChI=1S/C23H33N3O4S2/c1-3-31(27,28)23-8-6-7-21(19-23)26-17-15-25(16-18-26)14-5-4-13-24-32(29,30)22-11-9-20(2)10-12-22/h6-12,19,24H,3-5,13-18H2,1-2H3. The Hall–Kier alpha value is -1.94. The lowest BCUT2D eigenvalue weighted by atomic mass is 10.2. The zero-order valence-corrected chi connectivity index (χ0v) is 20.5. The van der Waals surface area contributed by atoms with E-state index in [1.807, 2.05) is 19.1 Å². The molecule has 1 aliphatic rings. The van der Waals surface area contributed by atoms with E-state index in [9.17, 15) is 16.8 Å². The maximum atomic E-state index is 12.3. The Morgan fingerprint density at radius 3 is 2.22 bits per heavy atom. The van der Waals surface area contributed by atoms with Crippen LogP contribution < -0.4 is 9.62 Å². The number of rotatable bonds is 10. The lowest BCUT2D eigenvalue weighted by Gasteiger charge is -2.36. The summed E-state index contributed by atoms with van der Waals surface area (Å²) in [5, 5.41) is 0. The fraction of sp³-hybridized carbons (Fsp3) is 0.478. The van der Waals surface area contributed by atoms with Crippen molar-refractivity contribution in [2.24, 2.45) is 0 Å². The summed E-state index contributed by atoms with van der Waals surface area (Å²) >= 11 is 0. The highest BCUT2D eigenvalue weighted by atomic mass is 32.2. The first-order valence-electron chi connectivity index (χ1n) is 11.1. The summed E-state index contributed by atoms with van der Waals surface area (Å²) in [7, 11) is -6.65. The summed E-state index contributed by atoms with van der Waals surface area (Å²) in [5.74, 6) is 0.103. The Morgan fingerprint density at radius 2 is 1.56 bits per heavy atom. The number of piperazine rings is 1. The van der Waals surface area contributed by atoms with Crippen molar-refractivity contribution < 1.29 is 16.8 Å².